The van der Waals surface area contributed by atoms with Crippen molar-refractivity contribution < 1.29 is 0 Å². The molecule has 0 aliphatic heterocycles. The zero-order valence-corrected chi connectivity index (χ0v) is 9.66. The second-order valence-electron chi connectivity index (χ2n) is 4.03. The highest BCUT2D eigenvalue weighted by Gasteiger charge is 2.10. The van der Waals surface area contributed by atoms with Crippen LogP contribution in [0.25, 0.3) is 0 Å². The Hall–Kier alpha value is -0.790. The molecule has 0 saturated heterocycles. The first-order valence-electron chi connectivity index (χ1n) is 5.78. The number of nitrogens with zero attached hydrogens (tertiary/aromatic N) is 2. The Balaban J connectivity index is 2.62. The molecule has 0 aliphatic rings. The maximum Gasteiger partial charge on any atom is 0.0950 e. The SMILES string of the molecule is CCCCC(CCC)n1cncc1C. The van der Waals surface area contributed by atoms with Crippen molar-refractivity contribution in [3.63, 3.8) is 0 Å². The van der Waals surface area contributed by atoms with Crippen molar-refractivity contribution in [2.45, 2.75) is 58.9 Å². The lowest BCUT2D eigenvalue weighted by Crippen LogP contribution is -2.09. The first-order chi connectivity index (χ1) is 6.79. The maximum absolute atomic E-state index is 4.20. The van der Waals surface area contributed by atoms with Gasteiger partial charge in [-0.25, -0.2) is 4.98 Å². The highest BCUT2D eigenvalue weighted by molar-refractivity contribution is 4.96. The number of hydrogen-bond acceptors (Lipinski definition) is 1. The van der Waals surface area contributed by atoms with Gasteiger partial charge in [0.1, 0.15) is 0 Å². The quantitative estimate of drug-likeness (QED) is 0.674. The summed E-state index contributed by atoms with van der Waals surface area (Å²) in [7, 11) is 0. The molecule has 0 radical (unpaired) electrons. The van der Waals surface area contributed by atoms with Crippen LogP contribution in [0.1, 0.15) is 57.7 Å². The summed E-state index contributed by atoms with van der Waals surface area (Å²) in [5.41, 5.74) is 1.29. The van der Waals surface area contributed by atoms with Crippen molar-refractivity contribution in [2.75, 3.05) is 0 Å². The largest absolute Gasteiger partial charge is 0.332 e. The molecule has 1 aromatic rings. The van der Waals surface area contributed by atoms with Crippen LogP contribution in [0, 0.1) is 6.92 Å². The fraction of sp³-hybridized carbons (Fsp3) is 0.750. The molecule has 1 unspecified atom stereocenters. The molecule has 0 saturated carbocycles. The molecular weight excluding hydrogens is 172 g/mol. The van der Waals surface area contributed by atoms with E-state index in [9.17, 15) is 0 Å². The van der Waals surface area contributed by atoms with Gasteiger partial charge in [-0.1, -0.05) is 33.1 Å². The summed E-state index contributed by atoms with van der Waals surface area (Å²) in [5, 5.41) is 0. The van der Waals surface area contributed by atoms with Gasteiger partial charge < -0.3 is 4.57 Å². The first kappa shape index (κ1) is 11.3. The predicted molar refractivity (Wildman–Crippen MR) is 60.4 cm³/mol. The molecule has 0 N–H and O–H groups in total. The number of rotatable bonds is 6. The summed E-state index contributed by atoms with van der Waals surface area (Å²) in [6.07, 6.45) is 10.4. The van der Waals surface area contributed by atoms with Crippen LogP contribution in [-0.2, 0) is 0 Å². The molecule has 1 rings (SSSR count). The van der Waals surface area contributed by atoms with Crippen LogP contribution in [0.5, 0.6) is 0 Å². The van der Waals surface area contributed by atoms with Crippen molar-refractivity contribution in [3.05, 3.63) is 18.2 Å². The third-order valence-electron chi connectivity index (χ3n) is 2.77. The molecule has 2 nitrogen and oxygen atoms in total. The molecule has 0 aromatic carbocycles. The van der Waals surface area contributed by atoms with Crippen molar-refractivity contribution in [3.8, 4) is 0 Å². The maximum atomic E-state index is 4.20. The van der Waals surface area contributed by atoms with Crippen molar-refractivity contribution in [1.82, 2.24) is 9.55 Å². The number of aryl methyl sites for hydroxylation is 1. The van der Waals surface area contributed by atoms with Crippen molar-refractivity contribution >= 4 is 0 Å². The lowest BCUT2D eigenvalue weighted by atomic mass is 10.0. The molecule has 14 heavy (non-hydrogen) atoms. The van der Waals surface area contributed by atoms with E-state index in [-0.39, 0.29) is 0 Å². The van der Waals surface area contributed by atoms with E-state index >= 15 is 0 Å². The van der Waals surface area contributed by atoms with Crippen LogP contribution in [0.15, 0.2) is 12.5 Å². The third-order valence-corrected chi connectivity index (χ3v) is 2.77. The standard InChI is InChI=1S/C12H22N2/c1-4-6-8-12(7-5-2)14-10-13-9-11(14)3/h9-10,12H,4-8H2,1-3H3. The average Bonchev–Trinajstić information content (AvgIpc) is 2.59. The zero-order valence-electron chi connectivity index (χ0n) is 9.66. The van der Waals surface area contributed by atoms with Gasteiger partial charge in [-0.05, 0) is 19.8 Å². The third kappa shape index (κ3) is 2.86. The molecule has 1 heterocycles. The van der Waals surface area contributed by atoms with E-state index in [1.165, 1.54) is 37.8 Å². The number of unbranched alkanes of at least 4 members (excludes halogenated alkanes) is 1. The van der Waals surface area contributed by atoms with Crippen LogP contribution in [-0.4, -0.2) is 9.55 Å². The Morgan fingerprint density at radius 3 is 2.57 bits per heavy atom. The highest BCUT2D eigenvalue weighted by Crippen LogP contribution is 2.22. The predicted octanol–water partition coefficient (Wildman–Crippen LogP) is 3.72. The minimum Gasteiger partial charge on any atom is -0.332 e. The van der Waals surface area contributed by atoms with E-state index in [1.807, 2.05) is 12.5 Å². The minimum absolute atomic E-state index is 0.669. The van der Waals surface area contributed by atoms with Gasteiger partial charge >= 0.3 is 0 Å². The summed E-state index contributed by atoms with van der Waals surface area (Å²) in [6.45, 7) is 6.65. The number of imidazole rings is 1. The second-order valence-corrected chi connectivity index (χ2v) is 4.03. The van der Waals surface area contributed by atoms with Crippen LogP contribution < -0.4 is 0 Å². The molecule has 0 bridgehead atoms. The van der Waals surface area contributed by atoms with Gasteiger partial charge in [0.15, 0.2) is 0 Å². The smallest absolute Gasteiger partial charge is 0.0950 e. The monoisotopic (exact) mass is 194 g/mol. The molecule has 0 spiro atoms. The first-order valence-corrected chi connectivity index (χ1v) is 5.78. The van der Waals surface area contributed by atoms with E-state index < -0.39 is 0 Å². The van der Waals surface area contributed by atoms with Gasteiger partial charge in [0.2, 0.25) is 0 Å². The van der Waals surface area contributed by atoms with E-state index in [0.717, 1.165) is 0 Å². The van der Waals surface area contributed by atoms with Gasteiger partial charge in [0.05, 0.1) is 6.33 Å². The summed E-state index contributed by atoms with van der Waals surface area (Å²) < 4.78 is 2.33. The van der Waals surface area contributed by atoms with E-state index in [1.54, 1.807) is 0 Å². The van der Waals surface area contributed by atoms with Gasteiger partial charge in [-0.3, -0.25) is 0 Å². The summed E-state index contributed by atoms with van der Waals surface area (Å²) in [4.78, 5) is 4.20. The molecular formula is C12H22N2. The lowest BCUT2D eigenvalue weighted by Gasteiger charge is -2.19. The number of hydrogen-bond donors (Lipinski definition) is 0. The van der Waals surface area contributed by atoms with Gasteiger partial charge in [-0.2, -0.15) is 0 Å². The molecule has 0 amide bonds. The molecule has 1 atom stereocenters. The van der Waals surface area contributed by atoms with Gasteiger partial charge in [0, 0.05) is 17.9 Å². The van der Waals surface area contributed by atoms with Crippen LogP contribution in [0.4, 0.5) is 0 Å². The Morgan fingerprint density at radius 2 is 2.07 bits per heavy atom. The fourth-order valence-corrected chi connectivity index (χ4v) is 1.95. The van der Waals surface area contributed by atoms with E-state index in [0.29, 0.717) is 6.04 Å². The minimum atomic E-state index is 0.669. The molecule has 2 heteroatoms. The normalized spacial score (nSPS) is 13.1. The van der Waals surface area contributed by atoms with E-state index in [4.69, 9.17) is 0 Å². The Morgan fingerprint density at radius 1 is 1.29 bits per heavy atom. The zero-order chi connectivity index (χ0) is 10.4. The van der Waals surface area contributed by atoms with Gasteiger partial charge in [-0.15, -0.1) is 0 Å². The van der Waals surface area contributed by atoms with Gasteiger partial charge in [0.25, 0.3) is 0 Å². The Labute approximate surface area is 87.4 Å². The summed E-state index contributed by atoms with van der Waals surface area (Å²) >= 11 is 0. The molecule has 80 valence electrons. The van der Waals surface area contributed by atoms with Crippen LogP contribution in [0.3, 0.4) is 0 Å². The Kier molecular flexibility index (Phi) is 4.71. The fourth-order valence-electron chi connectivity index (χ4n) is 1.95. The second kappa shape index (κ2) is 5.84. The van der Waals surface area contributed by atoms with E-state index in [2.05, 4.69) is 30.3 Å². The van der Waals surface area contributed by atoms with Crippen LogP contribution >= 0.6 is 0 Å². The topological polar surface area (TPSA) is 17.8 Å². The summed E-state index contributed by atoms with van der Waals surface area (Å²) in [6, 6.07) is 0.669. The molecule has 0 fully saturated rings. The van der Waals surface area contributed by atoms with Crippen molar-refractivity contribution in [2.24, 2.45) is 0 Å². The number of aromatic nitrogens is 2. The van der Waals surface area contributed by atoms with Crippen LogP contribution in [0.2, 0.25) is 0 Å². The highest BCUT2D eigenvalue weighted by atomic mass is 15.1. The average molecular weight is 194 g/mol. The Bertz CT molecular complexity index is 253. The molecule has 1 aromatic heterocycles. The summed E-state index contributed by atoms with van der Waals surface area (Å²) in [5.74, 6) is 0. The molecule has 0 aliphatic carbocycles. The van der Waals surface area contributed by atoms with Crippen molar-refractivity contribution in [1.29, 1.82) is 0 Å². The lowest BCUT2D eigenvalue weighted by molar-refractivity contribution is 0.411.